The summed E-state index contributed by atoms with van der Waals surface area (Å²) in [4.78, 5) is 12.4. The molecule has 4 fully saturated rings. The van der Waals surface area contributed by atoms with Gasteiger partial charge < -0.3 is 10.1 Å². The third-order valence-corrected chi connectivity index (χ3v) is 5.95. The van der Waals surface area contributed by atoms with Gasteiger partial charge in [-0.15, -0.1) is 0 Å². The highest BCUT2D eigenvalue weighted by Gasteiger charge is 2.51. The van der Waals surface area contributed by atoms with Crippen LogP contribution < -0.4 is 10.1 Å². The number of carbonyl (C=O) groups excluding carboxylic acids is 1. The van der Waals surface area contributed by atoms with Crippen molar-refractivity contribution in [2.75, 3.05) is 7.11 Å². The van der Waals surface area contributed by atoms with Crippen LogP contribution >= 0.6 is 0 Å². The minimum atomic E-state index is 0.0507. The molecular formula is C20H25NO2. The Labute approximate surface area is 138 Å². The van der Waals surface area contributed by atoms with Crippen LogP contribution in [0, 0.1) is 17.8 Å². The van der Waals surface area contributed by atoms with Crippen LogP contribution in [0.5, 0.6) is 5.75 Å². The molecular weight excluding hydrogens is 286 g/mol. The summed E-state index contributed by atoms with van der Waals surface area (Å²) in [5.74, 6) is 3.42. The van der Waals surface area contributed by atoms with Gasteiger partial charge in [-0.3, -0.25) is 4.79 Å². The summed E-state index contributed by atoms with van der Waals surface area (Å²) < 4.78 is 5.22. The molecule has 1 aromatic carbocycles. The minimum Gasteiger partial charge on any atom is -0.497 e. The lowest BCUT2D eigenvalue weighted by molar-refractivity contribution is -0.122. The van der Waals surface area contributed by atoms with Crippen LogP contribution in [-0.2, 0) is 4.79 Å². The Morgan fingerprint density at radius 3 is 2.43 bits per heavy atom. The second kappa shape index (κ2) is 5.70. The first-order valence-electron chi connectivity index (χ1n) is 8.78. The molecule has 5 rings (SSSR count). The van der Waals surface area contributed by atoms with E-state index in [1.807, 2.05) is 30.3 Å². The van der Waals surface area contributed by atoms with Crippen molar-refractivity contribution in [2.24, 2.45) is 17.8 Å². The second-order valence-corrected chi connectivity index (χ2v) is 7.80. The van der Waals surface area contributed by atoms with Crippen molar-refractivity contribution < 1.29 is 9.53 Å². The van der Waals surface area contributed by atoms with Gasteiger partial charge in [0.2, 0.25) is 5.91 Å². The maximum absolute atomic E-state index is 12.4. The van der Waals surface area contributed by atoms with E-state index in [0.717, 1.165) is 29.1 Å². The first-order valence-corrected chi connectivity index (χ1v) is 8.78. The summed E-state index contributed by atoms with van der Waals surface area (Å²) in [6.45, 7) is 0. The number of nitrogens with one attached hydrogen (secondary N) is 1. The molecule has 0 saturated heterocycles. The first-order chi connectivity index (χ1) is 11.1. The van der Waals surface area contributed by atoms with E-state index in [2.05, 4.69) is 5.32 Å². The molecule has 122 valence electrons. The molecule has 0 unspecified atom stereocenters. The number of methoxy groups -OCH3 is 1. The van der Waals surface area contributed by atoms with Gasteiger partial charge in [-0.25, -0.2) is 0 Å². The van der Waals surface area contributed by atoms with E-state index in [1.54, 1.807) is 13.2 Å². The van der Waals surface area contributed by atoms with E-state index in [4.69, 9.17) is 4.74 Å². The number of hydrogen-bond acceptors (Lipinski definition) is 2. The van der Waals surface area contributed by atoms with Crippen LogP contribution in [0.2, 0.25) is 0 Å². The highest BCUT2D eigenvalue weighted by atomic mass is 16.5. The van der Waals surface area contributed by atoms with Crippen LogP contribution in [0.1, 0.15) is 44.1 Å². The average molecular weight is 311 g/mol. The van der Waals surface area contributed by atoms with Gasteiger partial charge in [0.15, 0.2) is 0 Å². The number of carbonyl (C=O) groups is 1. The normalized spacial score (nSPS) is 34.7. The third kappa shape index (κ3) is 3.01. The molecule has 4 saturated carbocycles. The van der Waals surface area contributed by atoms with Crippen LogP contribution in [-0.4, -0.2) is 18.6 Å². The summed E-state index contributed by atoms with van der Waals surface area (Å²) >= 11 is 0. The van der Waals surface area contributed by atoms with Gasteiger partial charge in [0.25, 0.3) is 0 Å². The fourth-order valence-corrected chi connectivity index (χ4v) is 5.48. The number of amides is 1. The molecule has 4 aliphatic carbocycles. The Hall–Kier alpha value is -1.77. The van der Waals surface area contributed by atoms with Crippen molar-refractivity contribution in [3.63, 3.8) is 0 Å². The summed E-state index contributed by atoms with van der Waals surface area (Å²) in [5, 5.41) is 3.37. The number of ether oxygens (including phenoxy) is 1. The predicted molar refractivity (Wildman–Crippen MR) is 91.1 cm³/mol. The van der Waals surface area contributed by atoms with Gasteiger partial charge in [-0.05, 0) is 80.1 Å². The number of benzene rings is 1. The van der Waals surface area contributed by atoms with Crippen LogP contribution in [0.15, 0.2) is 30.3 Å². The SMILES string of the molecule is COc1cccc(/C=C/C(=O)NC23CC4CC(CC(C4)C2)C3)c1. The van der Waals surface area contributed by atoms with Gasteiger partial charge in [0.05, 0.1) is 7.11 Å². The minimum absolute atomic E-state index is 0.0507. The molecule has 0 aromatic heterocycles. The molecule has 0 atom stereocenters. The Balaban J connectivity index is 1.43. The van der Waals surface area contributed by atoms with Gasteiger partial charge in [-0.1, -0.05) is 12.1 Å². The average Bonchev–Trinajstić information content (AvgIpc) is 2.51. The van der Waals surface area contributed by atoms with Crippen molar-refractivity contribution in [1.29, 1.82) is 0 Å². The smallest absolute Gasteiger partial charge is 0.244 e. The van der Waals surface area contributed by atoms with E-state index in [9.17, 15) is 4.79 Å². The van der Waals surface area contributed by atoms with E-state index < -0.39 is 0 Å². The third-order valence-electron chi connectivity index (χ3n) is 5.95. The van der Waals surface area contributed by atoms with Crippen molar-refractivity contribution in [2.45, 2.75) is 44.1 Å². The summed E-state index contributed by atoms with van der Waals surface area (Å²) in [5.41, 5.74) is 1.08. The maximum atomic E-state index is 12.4. The van der Waals surface area contributed by atoms with Crippen molar-refractivity contribution in [3.05, 3.63) is 35.9 Å². The first kappa shape index (κ1) is 14.8. The lowest BCUT2D eigenvalue weighted by Crippen LogP contribution is -2.59. The van der Waals surface area contributed by atoms with E-state index in [-0.39, 0.29) is 11.4 Å². The fraction of sp³-hybridized carbons (Fsp3) is 0.550. The molecule has 0 aliphatic heterocycles. The van der Waals surface area contributed by atoms with Crippen molar-refractivity contribution in [1.82, 2.24) is 5.32 Å². The van der Waals surface area contributed by atoms with E-state index in [1.165, 1.54) is 38.5 Å². The molecule has 0 spiro atoms. The molecule has 4 bridgehead atoms. The zero-order chi connectivity index (χ0) is 15.9. The largest absolute Gasteiger partial charge is 0.497 e. The lowest BCUT2D eigenvalue weighted by atomic mass is 9.53. The molecule has 1 N–H and O–H groups in total. The van der Waals surface area contributed by atoms with E-state index >= 15 is 0 Å². The molecule has 3 nitrogen and oxygen atoms in total. The Kier molecular flexibility index (Phi) is 3.67. The Bertz CT molecular complexity index is 599. The van der Waals surface area contributed by atoms with Crippen molar-refractivity contribution in [3.8, 4) is 5.75 Å². The molecule has 0 radical (unpaired) electrons. The Morgan fingerprint density at radius 1 is 1.17 bits per heavy atom. The predicted octanol–water partition coefficient (Wildman–Crippen LogP) is 3.79. The van der Waals surface area contributed by atoms with Gasteiger partial charge in [0.1, 0.15) is 5.75 Å². The maximum Gasteiger partial charge on any atom is 0.244 e. The fourth-order valence-electron chi connectivity index (χ4n) is 5.48. The van der Waals surface area contributed by atoms with Gasteiger partial charge in [0, 0.05) is 11.6 Å². The summed E-state index contributed by atoms with van der Waals surface area (Å²) in [6, 6.07) is 7.77. The standard InChI is InChI=1S/C20H25NO2/c1-23-18-4-2-3-14(10-18)5-6-19(22)21-20-11-15-7-16(12-20)9-17(8-15)13-20/h2-6,10,15-17H,7-9,11-13H2,1H3,(H,21,22)/b6-5+. The Morgan fingerprint density at radius 2 is 1.83 bits per heavy atom. The zero-order valence-electron chi connectivity index (χ0n) is 13.8. The molecule has 4 aliphatic rings. The topological polar surface area (TPSA) is 38.3 Å². The highest BCUT2D eigenvalue weighted by molar-refractivity contribution is 5.92. The second-order valence-electron chi connectivity index (χ2n) is 7.80. The zero-order valence-corrected chi connectivity index (χ0v) is 13.8. The molecule has 1 aromatic rings. The van der Waals surface area contributed by atoms with Crippen LogP contribution in [0.3, 0.4) is 0 Å². The van der Waals surface area contributed by atoms with Gasteiger partial charge >= 0.3 is 0 Å². The number of rotatable bonds is 4. The van der Waals surface area contributed by atoms with Crippen LogP contribution in [0.4, 0.5) is 0 Å². The number of hydrogen-bond donors (Lipinski definition) is 1. The van der Waals surface area contributed by atoms with E-state index in [0.29, 0.717) is 0 Å². The quantitative estimate of drug-likeness (QED) is 0.859. The monoisotopic (exact) mass is 311 g/mol. The highest BCUT2D eigenvalue weighted by Crippen LogP contribution is 2.55. The van der Waals surface area contributed by atoms with Crippen LogP contribution in [0.25, 0.3) is 6.08 Å². The lowest BCUT2D eigenvalue weighted by Gasteiger charge is -2.56. The summed E-state index contributed by atoms with van der Waals surface area (Å²) in [6.07, 6.45) is 11.3. The molecule has 3 heteroatoms. The molecule has 1 amide bonds. The molecule has 23 heavy (non-hydrogen) atoms. The molecule has 0 heterocycles. The van der Waals surface area contributed by atoms with Crippen molar-refractivity contribution >= 4 is 12.0 Å². The van der Waals surface area contributed by atoms with Gasteiger partial charge in [-0.2, -0.15) is 0 Å². The summed E-state index contributed by atoms with van der Waals surface area (Å²) in [7, 11) is 1.66.